The number of nitrogens with two attached hydrogens (primary N) is 1. The summed E-state index contributed by atoms with van der Waals surface area (Å²) in [7, 11) is -4.19. The average Bonchev–Trinajstić information content (AvgIpc) is 2.88. The summed E-state index contributed by atoms with van der Waals surface area (Å²) in [5, 5.41) is 0. The molecule has 2 heterocycles. The molecule has 0 saturated carbocycles. The lowest BCUT2D eigenvalue weighted by Gasteiger charge is -2.20. The minimum absolute atomic E-state index is 0.148. The fourth-order valence-corrected chi connectivity index (χ4v) is 2.83. The largest absolute Gasteiger partial charge is 0.368 e. The molecule has 0 unspecified atom stereocenters. The summed E-state index contributed by atoms with van der Waals surface area (Å²) >= 11 is 0. The van der Waals surface area contributed by atoms with Crippen molar-refractivity contribution in [1.82, 2.24) is 19.5 Å². The number of hydrogen-bond donors (Lipinski definition) is 3. The second kappa shape index (κ2) is 7.43. The van der Waals surface area contributed by atoms with Crippen molar-refractivity contribution in [2.75, 3.05) is 30.1 Å². The van der Waals surface area contributed by atoms with E-state index < -0.39 is 20.0 Å². The van der Waals surface area contributed by atoms with Crippen molar-refractivity contribution < 1.29 is 19.1 Å². The van der Waals surface area contributed by atoms with Crippen molar-refractivity contribution in [3.05, 3.63) is 6.33 Å². The number of fused-ring (bicyclic) bond motifs is 1. The van der Waals surface area contributed by atoms with E-state index in [1.54, 1.807) is 17.8 Å². The summed E-state index contributed by atoms with van der Waals surface area (Å²) in [4.78, 5) is 32.7. The van der Waals surface area contributed by atoms with E-state index in [0.29, 0.717) is 23.5 Å². The fraction of sp³-hybridized carbons (Fsp3) is 0.615. The van der Waals surface area contributed by atoms with E-state index in [1.807, 2.05) is 18.7 Å². The molecule has 0 radical (unpaired) electrons. The van der Waals surface area contributed by atoms with E-state index in [2.05, 4.69) is 15.0 Å². The zero-order valence-corrected chi connectivity index (χ0v) is 14.8. The monoisotopic (exact) mass is 358 g/mol. The number of ether oxygens (including phenoxy) is 1. The minimum Gasteiger partial charge on any atom is -0.368 e. The molecule has 2 aromatic heterocycles. The molecule has 0 fully saturated rings. The highest BCUT2D eigenvalue weighted by Gasteiger charge is 2.19. The van der Waals surface area contributed by atoms with Gasteiger partial charge in [0.15, 0.2) is 17.0 Å². The molecule has 10 nitrogen and oxygen atoms in total. The smallest absolute Gasteiger partial charge is 0.350 e. The predicted molar refractivity (Wildman–Crippen MR) is 90.8 cm³/mol. The Balaban J connectivity index is 2.28. The Hall–Kier alpha value is -1.74. The van der Waals surface area contributed by atoms with Crippen LogP contribution < -0.4 is 10.6 Å². The van der Waals surface area contributed by atoms with Crippen LogP contribution in [0.4, 0.5) is 11.8 Å². The average molecular weight is 358 g/mol. The maximum atomic E-state index is 10.9. The van der Waals surface area contributed by atoms with Crippen LogP contribution >= 0.6 is 7.60 Å². The first-order chi connectivity index (χ1) is 11.2. The lowest BCUT2D eigenvalue weighted by molar-refractivity contribution is 0.0764. The van der Waals surface area contributed by atoms with Crippen molar-refractivity contribution in [1.29, 1.82) is 0 Å². The van der Waals surface area contributed by atoms with Crippen molar-refractivity contribution >= 4 is 30.5 Å². The molecule has 0 aromatic carbocycles. The zero-order valence-electron chi connectivity index (χ0n) is 14.0. The quantitative estimate of drug-likeness (QED) is 0.584. The second-order valence-corrected chi connectivity index (χ2v) is 7.01. The minimum atomic E-state index is -4.19. The Morgan fingerprint density at radius 3 is 2.62 bits per heavy atom. The van der Waals surface area contributed by atoms with Gasteiger partial charge in [0.1, 0.15) is 6.35 Å². The van der Waals surface area contributed by atoms with Crippen molar-refractivity contribution in [2.24, 2.45) is 0 Å². The van der Waals surface area contributed by atoms with Gasteiger partial charge in [-0.25, -0.2) is 4.98 Å². The van der Waals surface area contributed by atoms with Gasteiger partial charge in [-0.3, -0.25) is 4.57 Å². The van der Waals surface area contributed by atoms with Gasteiger partial charge >= 0.3 is 7.60 Å². The van der Waals surface area contributed by atoms with Gasteiger partial charge in [-0.2, -0.15) is 9.97 Å². The van der Waals surface area contributed by atoms with E-state index >= 15 is 0 Å². The lowest BCUT2D eigenvalue weighted by Crippen LogP contribution is -2.24. The van der Waals surface area contributed by atoms with Crippen LogP contribution in [-0.2, 0) is 15.8 Å². The molecule has 0 aliphatic carbocycles. The Bertz CT molecular complexity index is 741. The van der Waals surface area contributed by atoms with Gasteiger partial charge in [0.25, 0.3) is 0 Å². The zero-order chi connectivity index (χ0) is 17.9. The van der Waals surface area contributed by atoms with Crippen molar-refractivity contribution in [3.63, 3.8) is 0 Å². The molecule has 134 valence electrons. The first-order valence-corrected chi connectivity index (χ1v) is 9.44. The first kappa shape index (κ1) is 18.6. The molecule has 0 aliphatic heterocycles. The summed E-state index contributed by atoms with van der Waals surface area (Å²) < 4.78 is 17.8. The molecular weight excluding hydrogens is 335 g/mol. The number of nitrogens with zero attached hydrogens (tertiary/aromatic N) is 5. The molecule has 2 rings (SSSR count). The molecule has 24 heavy (non-hydrogen) atoms. The van der Waals surface area contributed by atoms with Crippen LogP contribution in [-0.4, -0.2) is 54.8 Å². The van der Waals surface area contributed by atoms with Gasteiger partial charge in [0.2, 0.25) is 5.95 Å². The van der Waals surface area contributed by atoms with Gasteiger partial charge in [-0.05, 0) is 20.8 Å². The summed E-state index contributed by atoms with van der Waals surface area (Å²) in [5.74, 6) is 0.819. The molecule has 2 aromatic rings. The highest BCUT2D eigenvalue weighted by Crippen LogP contribution is 2.34. The normalized spacial score (nSPS) is 13.4. The van der Waals surface area contributed by atoms with E-state index in [9.17, 15) is 4.57 Å². The van der Waals surface area contributed by atoms with Gasteiger partial charge in [-0.15, -0.1) is 0 Å². The lowest BCUT2D eigenvalue weighted by atomic mass is 10.4. The standard InChI is InChI=1S/C13H23N6O4P/c1-4-18(5-2)11-10-12(17-13(14)16-11)19(7-15-10)6-9(3)23-8-24(20,21)22/h7,9H,4-6,8H2,1-3H3,(H2,14,16,17)(H2,20,21,22)/t9-/m1/s1. The first-order valence-electron chi connectivity index (χ1n) is 7.64. The number of imidazole rings is 1. The summed E-state index contributed by atoms with van der Waals surface area (Å²) in [5.41, 5.74) is 7.02. The molecule has 4 N–H and O–H groups in total. The van der Waals surface area contributed by atoms with Crippen LogP contribution in [0.2, 0.25) is 0 Å². The van der Waals surface area contributed by atoms with Gasteiger partial charge < -0.3 is 29.7 Å². The number of rotatable bonds is 8. The van der Waals surface area contributed by atoms with Crippen LogP contribution in [0.5, 0.6) is 0 Å². The molecule has 0 bridgehead atoms. The third-order valence-corrected chi connectivity index (χ3v) is 3.99. The molecule has 11 heteroatoms. The predicted octanol–water partition coefficient (Wildman–Crippen LogP) is 0.795. The third kappa shape index (κ3) is 4.41. The third-order valence-electron chi connectivity index (χ3n) is 3.51. The van der Waals surface area contributed by atoms with Crippen LogP contribution in [0.1, 0.15) is 20.8 Å². The number of aromatic nitrogens is 4. The van der Waals surface area contributed by atoms with Gasteiger partial charge in [0, 0.05) is 13.1 Å². The molecule has 0 aliphatic rings. The van der Waals surface area contributed by atoms with E-state index in [4.69, 9.17) is 20.3 Å². The summed E-state index contributed by atoms with van der Waals surface area (Å²) in [6, 6.07) is 0. The summed E-state index contributed by atoms with van der Waals surface area (Å²) in [6.07, 6.45) is 0.550. The Kier molecular flexibility index (Phi) is 5.76. The second-order valence-electron chi connectivity index (χ2n) is 5.42. The molecule has 1 atom stereocenters. The highest BCUT2D eigenvalue weighted by molar-refractivity contribution is 7.51. The van der Waals surface area contributed by atoms with Crippen molar-refractivity contribution in [2.45, 2.75) is 33.4 Å². The van der Waals surface area contributed by atoms with Crippen molar-refractivity contribution in [3.8, 4) is 0 Å². The van der Waals surface area contributed by atoms with Crippen LogP contribution in [0.25, 0.3) is 11.2 Å². The molecule has 0 amide bonds. The highest BCUT2D eigenvalue weighted by atomic mass is 31.2. The van der Waals surface area contributed by atoms with Crippen LogP contribution in [0.3, 0.4) is 0 Å². The maximum Gasteiger partial charge on any atom is 0.350 e. The SMILES string of the molecule is CCN(CC)c1nc(N)nc2c1ncn2C[C@@H](C)OCP(=O)(O)O. The Morgan fingerprint density at radius 1 is 1.38 bits per heavy atom. The van der Waals surface area contributed by atoms with E-state index in [1.165, 1.54) is 0 Å². The molecular formula is C13H23N6O4P. The van der Waals surface area contributed by atoms with Crippen LogP contribution in [0, 0.1) is 0 Å². The number of nitrogen functional groups attached to an aromatic ring is 1. The summed E-state index contributed by atoms with van der Waals surface area (Å²) in [6.45, 7) is 7.61. The molecule has 0 saturated heterocycles. The van der Waals surface area contributed by atoms with Gasteiger partial charge in [0.05, 0.1) is 19.0 Å². The van der Waals surface area contributed by atoms with Gasteiger partial charge in [-0.1, -0.05) is 0 Å². The molecule has 0 spiro atoms. The fourth-order valence-electron chi connectivity index (χ4n) is 2.38. The number of hydrogen-bond acceptors (Lipinski definition) is 7. The Labute approximate surface area is 139 Å². The van der Waals surface area contributed by atoms with E-state index in [-0.39, 0.29) is 5.95 Å². The Morgan fingerprint density at radius 2 is 2.04 bits per heavy atom. The van der Waals surface area contributed by atoms with E-state index in [0.717, 1.165) is 13.1 Å². The van der Waals surface area contributed by atoms with Crippen LogP contribution in [0.15, 0.2) is 6.33 Å². The maximum absolute atomic E-state index is 10.9. The topological polar surface area (TPSA) is 140 Å². The number of anilines is 2.